The van der Waals surface area contributed by atoms with Crippen LogP contribution in [-0.2, 0) is 38.4 Å². The van der Waals surface area contributed by atoms with Crippen LogP contribution in [0.1, 0.15) is 389 Å². The fourth-order valence-corrected chi connectivity index (χ4v) is 19.0. The molecule has 6 saturated heterocycles. The first kappa shape index (κ1) is 47.3. The number of hydrogen-bond donors (Lipinski definition) is 6. The number of ether oxygens (including phenoxy) is 12. The summed E-state index contributed by atoms with van der Waals surface area (Å²) in [4.78, 5) is 5.98. The Bertz CT molecular complexity index is 8590. The maximum atomic E-state index is 11.5. The molecule has 0 amide bonds. The maximum Gasteiger partial charge on any atom is 0.161 e. The van der Waals surface area contributed by atoms with Gasteiger partial charge in [0, 0.05) is 186 Å². The lowest BCUT2D eigenvalue weighted by Crippen LogP contribution is -2.48. The molecule has 6 N–H and O–H groups in total. The minimum atomic E-state index is -4.24. The topological polar surface area (TPSA) is 252 Å². The summed E-state index contributed by atoms with van der Waals surface area (Å²) in [6, 6.07) is 6.13. The summed E-state index contributed by atoms with van der Waals surface area (Å²) >= 11 is 0. The highest BCUT2D eigenvalue weighted by Gasteiger charge is 2.47. The van der Waals surface area contributed by atoms with E-state index in [0.29, 0.717) is 94.9 Å². The molecule has 6 fully saturated rings. The summed E-state index contributed by atoms with van der Waals surface area (Å²) < 4.78 is 692. The van der Waals surface area contributed by atoms with Gasteiger partial charge in [-0.25, -0.2) is 0 Å². The maximum absolute atomic E-state index is 11.5. The molecule has 18 atom stereocenters. The molecule has 141 heavy (non-hydrogen) atoms. The molecule has 786 valence electrons. The first-order valence-corrected chi connectivity index (χ1v) is 45.8. The molecule has 24 heteroatoms. The van der Waals surface area contributed by atoms with Crippen molar-refractivity contribution in [3.63, 3.8) is 0 Å². The number of fused-ring (bicyclic) bond motifs is 18. The van der Waals surface area contributed by atoms with Gasteiger partial charge in [0.2, 0.25) is 0 Å². The zero-order valence-electron chi connectivity index (χ0n) is 158. The number of hydrogen-bond acceptors (Lipinski definition) is 24. The third-order valence-corrected chi connectivity index (χ3v) is 25.3. The van der Waals surface area contributed by atoms with Crippen molar-refractivity contribution in [1.82, 2.24) is 29.4 Å². The van der Waals surface area contributed by atoms with Gasteiger partial charge in [-0.15, -0.1) is 0 Å². The lowest BCUT2D eigenvalue weighted by atomic mass is 9.75. The Balaban J connectivity index is 0.000000209. The molecule has 0 radical (unpaired) electrons. The van der Waals surface area contributed by atoms with Crippen molar-refractivity contribution >= 4 is 0 Å². The Hall–Kier alpha value is -7.56. The SMILES string of the molecule is [2H]C([2H])([2H])Oc1cc2c(cc1OC([2H])([2H])[2H])C1N(CC2)C([2H])([2H])C([2H])(C([2H])([2H])C(C)(C([2H])([2H])[2H])C([2H])([2H])[2H])C([2H])(O)C1([2H])[2H].[2H]C([2H])([2H])Oc1cc2c(cc1OC([2H])([2H])[2H])C1N(CC2)C([2H])([2H])C([2H])(CC(C)C)C([2H])(O)C1([2H])[2H].[2H]C([2H])([2H])Oc1cc2c(cc1OC)C([2H])([2H])C([2H])([2H])N1CC(CC(C)C)C(O)CC21.[2H]C([2H])([2H])Oc1cc2c(cc1OC)C1N(CC2)C([2H])([2H])C([2H])(C([2H])([2H])C(C)(C([2H])([2H])[2H])C([2H])([2H])[2H])C([2H])(O)C1([2H])[2H].[2H]C([2H])([2H])Oc1cc2c(cc1OC)CCN1C2C([2H])([2H])C([2H])(O)C([2H])(C([2H])([2H])C(C)(C([2H])([2H])[2H])C([2H])([2H])[2H])C1([2H])[2H].[2H]C1([2H])c2cc(OC)c(OC)cc2C2CC(O)C(CC(C)C)CN2C1([2H])[2H]. The number of aliphatic hydroxyl groups excluding tert-OH is 2. The second kappa shape index (κ2) is 48.4. The van der Waals surface area contributed by atoms with E-state index in [1.54, 1.807) is 24.8 Å². The normalized spacial score (nSPS) is 45.4. The summed E-state index contributed by atoms with van der Waals surface area (Å²) in [6.07, 6.45) is -46.0. The average Bonchev–Trinajstić information content (AvgIpc) is 0.650. The molecule has 18 rings (SSSR count). The second-order valence-corrected chi connectivity index (χ2v) is 37.4. The van der Waals surface area contributed by atoms with Crippen LogP contribution >= 0.6 is 0 Å². The van der Waals surface area contributed by atoms with Crippen molar-refractivity contribution < 1.29 is 193 Å². The third kappa shape index (κ3) is 26.9. The highest BCUT2D eigenvalue weighted by atomic mass is 16.5. The Morgan fingerprint density at radius 2 is 0.546 bits per heavy atom. The highest BCUT2D eigenvalue weighted by molar-refractivity contribution is 5.55. The molecule has 12 heterocycles. The van der Waals surface area contributed by atoms with Crippen LogP contribution in [0.5, 0.6) is 69.0 Å². The average molecular weight is 2040 g/mol. The van der Waals surface area contributed by atoms with Crippen LogP contribution in [-0.4, -0.2) is 260 Å². The van der Waals surface area contributed by atoms with E-state index in [-0.39, 0.29) is 148 Å². The van der Waals surface area contributed by atoms with Crippen LogP contribution in [0.2, 0.25) is 0 Å². The fourth-order valence-electron chi connectivity index (χ4n) is 19.0. The standard InChI is InChI=1S/3C20H31NO3.3C19H29NO3/c3*1-20(2,3)11-14-12-21-7-6-13-8-18(23-4)19(24-5)9-15(13)16(21)10-17(14)22;3*1-12(2)7-14-11-20-6-5-13-8-18(22-3)19(23-4)9-15(13)16(20)10-17(14)21/h3*8-9,14,16-17,22H,6-7,10-12H2,1-5H3;3*8-9,12,14,16-17,21H,5-7,10-11H2,1-4H3/i1D3,2D3,4D3,5D3,10D2,11D2,12D2,14D,17D;1D3,2D3,5D3,10D2,11D2,12D2,14D,17D;1D3,2D3,4D3,10D2,11D2,12D2,14D,17D;3D3,4D3,10D2,11D2,14D,17D;4D3,5D2,6D2;5D2,6D2. The fraction of sp³-hybridized carbons (Fsp3) is 0.692. The summed E-state index contributed by atoms with van der Waals surface area (Å²) in [7, 11) is -14.2. The summed E-state index contributed by atoms with van der Waals surface area (Å²) in [5.74, 6) is -17.2. The zero-order chi connectivity index (χ0) is 169. The summed E-state index contributed by atoms with van der Waals surface area (Å²) in [5.41, 5.74) is -9.06. The highest BCUT2D eigenvalue weighted by Crippen LogP contribution is 2.53. The molecule has 0 spiro atoms. The second-order valence-electron chi connectivity index (χ2n) is 37.4. The predicted octanol–water partition coefficient (Wildman–Crippen LogP) is 19.3. The van der Waals surface area contributed by atoms with Crippen molar-refractivity contribution in [3.05, 3.63) is 140 Å². The Kier molecular flexibility index (Phi) is 16.2. The van der Waals surface area contributed by atoms with Gasteiger partial charge in [0.05, 0.1) is 156 Å². The number of nitrogens with zero attached hydrogens (tertiary/aromatic N) is 6. The van der Waals surface area contributed by atoms with E-state index in [9.17, 15) is 30.6 Å². The van der Waals surface area contributed by atoms with Crippen molar-refractivity contribution in [1.29, 1.82) is 0 Å². The molecule has 12 aliphatic heterocycles. The van der Waals surface area contributed by atoms with Crippen LogP contribution in [0, 0.1) is 69.4 Å². The molecule has 0 bridgehead atoms. The van der Waals surface area contributed by atoms with E-state index >= 15 is 0 Å². The molecular formula is C117H180N6O18. The molecule has 0 aliphatic carbocycles. The van der Waals surface area contributed by atoms with E-state index in [1.165, 1.54) is 69.7 Å². The molecule has 12 aliphatic rings. The van der Waals surface area contributed by atoms with Gasteiger partial charge in [0.15, 0.2) is 69.0 Å². The van der Waals surface area contributed by atoms with Crippen molar-refractivity contribution in [3.8, 4) is 69.0 Å². The zero-order valence-corrected chi connectivity index (χ0v) is 80.8. The van der Waals surface area contributed by atoms with Gasteiger partial charge in [0.1, 0.15) is 0 Å². The molecule has 0 aromatic heterocycles. The summed E-state index contributed by atoms with van der Waals surface area (Å²) in [6.45, 7) is -28.7. The van der Waals surface area contributed by atoms with Crippen molar-refractivity contribution in [2.75, 3.05) is 163 Å². The number of benzene rings is 6. The van der Waals surface area contributed by atoms with Crippen LogP contribution in [0.3, 0.4) is 0 Å². The molecular weight excluding hydrogens is 1780 g/mol. The van der Waals surface area contributed by atoms with Gasteiger partial charge in [-0.05, 0) is 324 Å². The van der Waals surface area contributed by atoms with Crippen LogP contribution in [0.25, 0.3) is 0 Å². The Morgan fingerprint density at radius 1 is 0.319 bits per heavy atom. The lowest BCUT2D eigenvalue weighted by molar-refractivity contribution is -0.0259. The largest absolute Gasteiger partial charge is 0.493 e. The van der Waals surface area contributed by atoms with Crippen LogP contribution in [0.4, 0.5) is 0 Å². The Morgan fingerprint density at radius 3 is 0.794 bits per heavy atom. The smallest absolute Gasteiger partial charge is 0.161 e. The van der Waals surface area contributed by atoms with E-state index in [4.69, 9.17) is 162 Å². The van der Waals surface area contributed by atoms with E-state index in [0.717, 1.165) is 48.8 Å². The monoisotopic (exact) mass is 2030 g/mol. The lowest BCUT2D eigenvalue weighted by Gasteiger charge is -2.47. The molecule has 6 aromatic carbocycles. The van der Waals surface area contributed by atoms with Crippen molar-refractivity contribution in [2.45, 2.75) is 291 Å². The van der Waals surface area contributed by atoms with E-state index in [1.807, 2.05) is 13.8 Å². The number of rotatable bonds is 21. The first-order valence-electron chi connectivity index (χ1n) is 84.3. The van der Waals surface area contributed by atoms with Crippen LogP contribution < -0.4 is 56.8 Å². The number of aliphatic hydroxyl groups is 6. The quantitative estimate of drug-likeness (QED) is 0.0392. The minimum Gasteiger partial charge on any atom is -0.493 e. The summed E-state index contributed by atoms with van der Waals surface area (Å²) in [5, 5.41) is 67.1. The van der Waals surface area contributed by atoms with Gasteiger partial charge in [0.25, 0.3) is 0 Å². The van der Waals surface area contributed by atoms with Gasteiger partial charge in [-0.1, -0.05) is 103 Å². The number of aryl methyl sites for hydroxylation is 2. The van der Waals surface area contributed by atoms with E-state index < -0.39 is 348 Å². The molecule has 24 nitrogen and oxygen atoms in total. The van der Waals surface area contributed by atoms with Crippen molar-refractivity contribution in [2.24, 2.45) is 69.4 Å². The Labute approximate surface area is 954 Å². The van der Waals surface area contributed by atoms with Gasteiger partial charge >= 0.3 is 0 Å². The molecule has 18 unspecified atom stereocenters. The number of piperidine rings is 6. The van der Waals surface area contributed by atoms with Gasteiger partial charge in [-0.3, -0.25) is 29.4 Å². The molecule has 0 saturated carbocycles. The predicted molar refractivity (Wildman–Crippen MR) is 561 cm³/mol. The van der Waals surface area contributed by atoms with Gasteiger partial charge < -0.3 is 87.5 Å². The number of methoxy groups -OCH3 is 12. The molecule has 6 aromatic rings. The van der Waals surface area contributed by atoms with Crippen LogP contribution in [0.15, 0.2) is 72.8 Å². The first-order chi connectivity index (χ1) is 96.9. The third-order valence-electron chi connectivity index (χ3n) is 25.3. The van der Waals surface area contributed by atoms with Gasteiger partial charge in [-0.2, -0.15) is 0 Å². The van der Waals surface area contributed by atoms with E-state index in [2.05, 4.69) is 13.8 Å². The minimum absolute atomic E-state index is 0.0135.